The second-order valence-electron chi connectivity index (χ2n) is 6.59. The van der Waals surface area contributed by atoms with Crippen LogP contribution in [0.1, 0.15) is 31.1 Å². The molecule has 1 atom stereocenters. The zero-order chi connectivity index (χ0) is 15.8. The first-order valence-corrected chi connectivity index (χ1v) is 7.86. The lowest BCUT2D eigenvalue weighted by Gasteiger charge is -2.28. The first-order chi connectivity index (χ1) is 9.90. The molecule has 0 aliphatic rings. The third-order valence-electron chi connectivity index (χ3n) is 3.52. The van der Waals surface area contributed by atoms with Gasteiger partial charge in [0.05, 0.1) is 0 Å². The number of hydrogen-bond donors (Lipinski definition) is 0. The van der Waals surface area contributed by atoms with Crippen LogP contribution in [0.25, 0.3) is 0 Å². The number of carbonyl (C=O) groups excluding carboxylic acids is 1. The van der Waals surface area contributed by atoms with Gasteiger partial charge in [0.2, 0.25) is 0 Å². The molecule has 0 spiro atoms. The van der Waals surface area contributed by atoms with Crippen LogP contribution in [0.15, 0.2) is 30.3 Å². The van der Waals surface area contributed by atoms with Crippen molar-refractivity contribution in [3.63, 3.8) is 0 Å². The molecule has 3 nitrogen and oxygen atoms in total. The molecule has 0 fully saturated rings. The monoisotopic (exact) mass is 290 g/mol. The average molecular weight is 290 g/mol. The minimum atomic E-state index is 0.0355. The van der Waals surface area contributed by atoms with Gasteiger partial charge in [0.15, 0.2) is 5.78 Å². The summed E-state index contributed by atoms with van der Waals surface area (Å²) in [6, 6.07) is 9.62. The van der Waals surface area contributed by atoms with Crippen LogP contribution in [0.3, 0.4) is 0 Å². The highest BCUT2D eigenvalue weighted by Gasteiger charge is 2.19. The van der Waals surface area contributed by atoms with E-state index in [1.54, 1.807) is 0 Å². The van der Waals surface area contributed by atoms with Gasteiger partial charge < -0.3 is 9.80 Å². The highest BCUT2D eigenvalue weighted by atomic mass is 16.1. The fourth-order valence-electron chi connectivity index (χ4n) is 2.47. The highest BCUT2D eigenvalue weighted by Crippen LogP contribution is 2.11. The molecule has 0 N–H and O–H groups in total. The molecule has 0 amide bonds. The molecule has 0 saturated carbocycles. The molecule has 1 aromatic rings. The molecule has 1 rings (SSSR count). The van der Waals surface area contributed by atoms with E-state index in [4.69, 9.17) is 0 Å². The number of ketones is 1. The minimum Gasteiger partial charge on any atom is -0.308 e. The summed E-state index contributed by atoms with van der Waals surface area (Å²) >= 11 is 0. The predicted molar refractivity (Wildman–Crippen MR) is 89.8 cm³/mol. The second kappa shape index (κ2) is 8.96. The predicted octanol–water partition coefficient (Wildman–Crippen LogP) is 3.03. The van der Waals surface area contributed by atoms with Crippen LogP contribution in [0.4, 0.5) is 0 Å². The Hall–Kier alpha value is -1.19. The van der Waals surface area contributed by atoms with E-state index in [-0.39, 0.29) is 11.7 Å². The Kier molecular flexibility index (Phi) is 7.62. The Morgan fingerprint density at radius 3 is 2.14 bits per heavy atom. The lowest BCUT2D eigenvalue weighted by Crippen LogP contribution is -2.38. The molecule has 0 bridgehead atoms. The van der Waals surface area contributed by atoms with Crippen molar-refractivity contribution >= 4 is 5.78 Å². The van der Waals surface area contributed by atoms with E-state index in [9.17, 15) is 4.79 Å². The Balaban J connectivity index is 2.61. The van der Waals surface area contributed by atoms with Crippen molar-refractivity contribution in [1.82, 2.24) is 9.80 Å². The first-order valence-electron chi connectivity index (χ1n) is 7.86. The van der Waals surface area contributed by atoms with Crippen molar-refractivity contribution in [2.24, 2.45) is 11.8 Å². The number of rotatable bonds is 9. The molecule has 3 heteroatoms. The summed E-state index contributed by atoms with van der Waals surface area (Å²) in [5.74, 6) is 0.897. The van der Waals surface area contributed by atoms with Crippen LogP contribution in [-0.4, -0.2) is 55.9 Å². The smallest absolute Gasteiger partial charge is 0.166 e. The van der Waals surface area contributed by atoms with Gasteiger partial charge in [0.25, 0.3) is 0 Å². The van der Waals surface area contributed by atoms with Crippen LogP contribution in [-0.2, 0) is 0 Å². The van der Waals surface area contributed by atoms with Crippen molar-refractivity contribution in [3.05, 3.63) is 35.9 Å². The van der Waals surface area contributed by atoms with Gasteiger partial charge in [-0.05, 0) is 20.0 Å². The quantitative estimate of drug-likeness (QED) is 0.653. The summed E-state index contributed by atoms with van der Waals surface area (Å²) in [5, 5.41) is 0. The van der Waals surface area contributed by atoms with E-state index in [2.05, 4.69) is 37.7 Å². The number of hydrogen-bond acceptors (Lipinski definition) is 3. The van der Waals surface area contributed by atoms with E-state index in [0.29, 0.717) is 5.92 Å². The van der Waals surface area contributed by atoms with Gasteiger partial charge in [-0.15, -0.1) is 0 Å². The largest absolute Gasteiger partial charge is 0.308 e. The van der Waals surface area contributed by atoms with Crippen molar-refractivity contribution < 1.29 is 4.79 Å². The summed E-state index contributed by atoms with van der Waals surface area (Å²) in [4.78, 5) is 17.1. The van der Waals surface area contributed by atoms with Crippen LogP contribution in [0, 0.1) is 11.8 Å². The number of benzene rings is 1. The van der Waals surface area contributed by atoms with Crippen molar-refractivity contribution in [1.29, 1.82) is 0 Å². The topological polar surface area (TPSA) is 23.6 Å². The zero-order valence-electron chi connectivity index (χ0n) is 14.2. The van der Waals surface area contributed by atoms with Crippen molar-refractivity contribution in [2.45, 2.75) is 20.8 Å². The van der Waals surface area contributed by atoms with Gasteiger partial charge in [0, 0.05) is 37.7 Å². The van der Waals surface area contributed by atoms with Crippen LogP contribution < -0.4 is 0 Å². The average Bonchev–Trinajstić information content (AvgIpc) is 2.44. The van der Waals surface area contributed by atoms with E-state index < -0.39 is 0 Å². The lowest BCUT2D eigenvalue weighted by molar-refractivity contribution is 0.0883. The summed E-state index contributed by atoms with van der Waals surface area (Å²) < 4.78 is 0. The summed E-state index contributed by atoms with van der Waals surface area (Å²) in [7, 11) is 4.18. The molecule has 0 saturated heterocycles. The maximum Gasteiger partial charge on any atom is 0.166 e. The van der Waals surface area contributed by atoms with E-state index in [0.717, 1.165) is 31.7 Å². The molecule has 118 valence electrons. The van der Waals surface area contributed by atoms with E-state index in [1.165, 1.54) is 0 Å². The number of likely N-dealkylation sites (N-methyl/N-ethyl adjacent to an activating group) is 1. The van der Waals surface area contributed by atoms with Crippen molar-refractivity contribution in [2.75, 3.05) is 40.3 Å². The van der Waals surface area contributed by atoms with Crippen LogP contribution in [0.2, 0.25) is 0 Å². The maximum absolute atomic E-state index is 12.5. The molecule has 0 aliphatic heterocycles. The van der Waals surface area contributed by atoms with Gasteiger partial charge in [0.1, 0.15) is 0 Å². The highest BCUT2D eigenvalue weighted by molar-refractivity contribution is 5.97. The van der Waals surface area contributed by atoms with Crippen molar-refractivity contribution in [3.8, 4) is 0 Å². The third-order valence-corrected chi connectivity index (χ3v) is 3.52. The number of carbonyl (C=O) groups is 1. The molecule has 1 unspecified atom stereocenters. The molecule has 0 aliphatic carbocycles. The normalized spacial score (nSPS) is 13.1. The Morgan fingerprint density at radius 1 is 1.00 bits per heavy atom. The van der Waals surface area contributed by atoms with E-state index >= 15 is 0 Å². The lowest BCUT2D eigenvalue weighted by atomic mass is 9.98. The summed E-state index contributed by atoms with van der Waals surface area (Å²) in [6.07, 6.45) is 0. The Morgan fingerprint density at radius 2 is 1.62 bits per heavy atom. The van der Waals surface area contributed by atoms with Crippen LogP contribution in [0.5, 0.6) is 0 Å². The zero-order valence-corrected chi connectivity index (χ0v) is 14.2. The van der Waals surface area contributed by atoms with Gasteiger partial charge >= 0.3 is 0 Å². The molecule has 0 aromatic heterocycles. The minimum absolute atomic E-state index is 0.0355. The third kappa shape index (κ3) is 6.87. The first kappa shape index (κ1) is 17.9. The fraction of sp³-hybridized carbons (Fsp3) is 0.611. The second-order valence-corrected chi connectivity index (χ2v) is 6.59. The number of nitrogens with zero attached hydrogens (tertiary/aromatic N) is 2. The standard InChI is InChI=1S/C18H30N2O/c1-15(2)13-20(12-11-19(4)5)14-16(3)18(21)17-9-7-6-8-10-17/h6-10,15-16H,11-14H2,1-5H3. The molecule has 0 radical (unpaired) electrons. The van der Waals surface area contributed by atoms with Gasteiger partial charge in [-0.3, -0.25) is 4.79 Å². The molecular weight excluding hydrogens is 260 g/mol. The van der Waals surface area contributed by atoms with Gasteiger partial charge in [-0.25, -0.2) is 0 Å². The Bertz CT molecular complexity index is 414. The summed E-state index contributed by atoms with van der Waals surface area (Å²) in [6.45, 7) is 10.4. The van der Waals surface area contributed by atoms with Gasteiger partial charge in [-0.1, -0.05) is 51.1 Å². The SMILES string of the molecule is CC(C)CN(CCN(C)C)CC(C)C(=O)c1ccccc1. The Labute approximate surface area is 129 Å². The summed E-state index contributed by atoms with van der Waals surface area (Å²) in [5.41, 5.74) is 0.821. The van der Waals surface area contributed by atoms with Gasteiger partial charge in [-0.2, -0.15) is 0 Å². The molecule has 0 heterocycles. The van der Waals surface area contributed by atoms with E-state index in [1.807, 2.05) is 37.3 Å². The maximum atomic E-state index is 12.5. The number of Topliss-reactive ketones (excluding diaryl/α,β-unsaturated/α-hetero) is 1. The molecular formula is C18H30N2O. The molecule has 1 aromatic carbocycles. The fourth-order valence-corrected chi connectivity index (χ4v) is 2.47. The van der Waals surface area contributed by atoms with Crippen LogP contribution >= 0.6 is 0 Å². The molecule has 21 heavy (non-hydrogen) atoms.